The Morgan fingerprint density at radius 2 is 1.77 bits per heavy atom. The minimum absolute atomic E-state index is 0.510. The molecule has 2 aromatic heterocycles. The van der Waals surface area contributed by atoms with Crippen molar-refractivity contribution in [3.63, 3.8) is 0 Å². The number of fused-ring (bicyclic) bond motifs is 1. The summed E-state index contributed by atoms with van der Waals surface area (Å²) < 4.78 is 7.40. The van der Waals surface area contributed by atoms with Crippen LogP contribution in [0.4, 0.5) is 0 Å². The molecule has 1 aliphatic carbocycles. The van der Waals surface area contributed by atoms with E-state index in [9.17, 15) is 0 Å². The number of aromatic nitrogens is 4. The van der Waals surface area contributed by atoms with Crippen molar-refractivity contribution in [3.05, 3.63) is 72.6 Å². The molecule has 3 heterocycles. The smallest absolute Gasteiger partial charge is 0.147 e. The summed E-state index contributed by atoms with van der Waals surface area (Å²) in [6.07, 6.45) is 10.5. The van der Waals surface area contributed by atoms with Crippen molar-refractivity contribution in [1.82, 2.24) is 24.9 Å². The topological polar surface area (TPSA) is 56.1 Å². The minimum Gasteiger partial charge on any atom is -0.494 e. The monoisotopic (exact) mass is 465 g/mol. The molecule has 6 rings (SSSR count). The van der Waals surface area contributed by atoms with E-state index in [1.54, 1.807) is 7.11 Å². The van der Waals surface area contributed by atoms with Gasteiger partial charge in [-0.05, 0) is 60.6 Å². The first-order valence-corrected chi connectivity index (χ1v) is 12.5. The zero-order valence-electron chi connectivity index (χ0n) is 20.4. The normalized spacial score (nSPS) is 18.6. The lowest BCUT2D eigenvalue weighted by Crippen LogP contribution is -2.47. The highest BCUT2D eigenvalue weighted by Crippen LogP contribution is 2.33. The molecule has 1 aliphatic heterocycles. The SMILES string of the molecule is COc1cc(-c2ccc(-c3ccc(C4CN(CC5CC=CCC5)C4)nn3)cc2)cc2cn(C)nc12. The second kappa shape index (κ2) is 9.27. The molecule has 35 heavy (non-hydrogen) atoms. The van der Waals surface area contributed by atoms with E-state index < -0.39 is 0 Å². The van der Waals surface area contributed by atoms with Crippen LogP contribution in [0.1, 0.15) is 30.9 Å². The number of ether oxygens (including phenoxy) is 1. The zero-order chi connectivity index (χ0) is 23.8. The van der Waals surface area contributed by atoms with Crippen LogP contribution in [0.15, 0.2) is 66.9 Å². The quantitative estimate of drug-likeness (QED) is 0.354. The Labute approximate surface area is 206 Å². The standard InChI is InChI=1S/C29H31N5O/c1-33-17-24-14-23(15-28(35-2)29(24)32-33)21-8-10-22(11-9-21)26-12-13-27(31-30-26)25-18-34(19-25)16-20-6-4-3-5-7-20/h3-4,8-15,17,20,25H,5-7,16,18-19H2,1-2H3. The van der Waals surface area contributed by atoms with Gasteiger partial charge in [0.05, 0.1) is 18.5 Å². The fourth-order valence-electron chi connectivity index (χ4n) is 5.39. The summed E-state index contributed by atoms with van der Waals surface area (Å²) in [6.45, 7) is 3.43. The molecule has 6 heteroatoms. The summed E-state index contributed by atoms with van der Waals surface area (Å²) in [5, 5.41) is 14.7. The van der Waals surface area contributed by atoms with Gasteiger partial charge in [0, 0.05) is 49.7 Å². The molecule has 2 aromatic carbocycles. The first kappa shape index (κ1) is 22.0. The Kier molecular flexibility index (Phi) is 5.82. The van der Waals surface area contributed by atoms with Crippen LogP contribution >= 0.6 is 0 Å². The molecule has 0 N–H and O–H groups in total. The van der Waals surface area contributed by atoms with Crippen LogP contribution in [0.25, 0.3) is 33.3 Å². The van der Waals surface area contributed by atoms with Gasteiger partial charge >= 0.3 is 0 Å². The summed E-state index contributed by atoms with van der Waals surface area (Å²) in [5.74, 6) is 2.12. The van der Waals surface area contributed by atoms with E-state index in [2.05, 4.69) is 74.8 Å². The molecule has 1 fully saturated rings. The van der Waals surface area contributed by atoms with Gasteiger partial charge in [0.25, 0.3) is 0 Å². The van der Waals surface area contributed by atoms with E-state index in [0.717, 1.165) is 63.7 Å². The number of methoxy groups -OCH3 is 1. The van der Waals surface area contributed by atoms with Crippen LogP contribution in [-0.4, -0.2) is 51.6 Å². The maximum Gasteiger partial charge on any atom is 0.147 e. The van der Waals surface area contributed by atoms with E-state index in [0.29, 0.717) is 5.92 Å². The predicted molar refractivity (Wildman–Crippen MR) is 139 cm³/mol. The van der Waals surface area contributed by atoms with Crippen molar-refractivity contribution < 1.29 is 4.74 Å². The fourth-order valence-corrected chi connectivity index (χ4v) is 5.39. The zero-order valence-corrected chi connectivity index (χ0v) is 20.4. The highest BCUT2D eigenvalue weighted by atomic mass is 16.5. The van der Waals surface area contributed by atoms with Gasteiger partial charge in [0.2, 0.25) is 0 Å². The Morgan fingerprint density at radius 3 is 2.49 bits per heavy atom. The third-order valence-corrected chi connectivity index (χ3v) is 7.38. The minimum atomic E-state index is 0.510. The van der Waals surface area contributed by atoms with Crippen LogP contribution in [0.3, 0.4) is 0 Å². The van der Waals surface area contributed by atoms with Crippen molar-refractivity contribution in [3.8, 4) is 28.1 Å². The van der Waals surface area contributed by atoms with Crippen LogP contribution in [-0.2, 0) is 7.05 Å². The number of rotatable bonds is 6. The second-order valence-electron chi connectivity index (χ2n) is 9.91. The van der Waals surface area contributed by atoms with Crippen molar-refractivity contribution in [1.29, 1.82) is 0 Å². The van der Waals surface area contributed by atoms with Crippen LogP contribution in [0, 0.1) is 5.92 Å². The first-order chi connectivity index (χ1) is 17.2. The molecule has 6 nitrogen and oxygen atoms in total. The average Bonchev–Trinajstić information content (AvgIpc) is 3.26. The number of nitrogens with zero attached hydrogens (tertiary/aromatic N) is 5. The van der Waals surface area contributed by atoms with Crippen LogP contribution < -0.4 is 4.74 Å². The highest BCUT2D eigenvalue weighted by Gasteiger charge is 2.30. The van der Waals surface area contributed by atoms with Gasteiger partial charge in [0.15, 0.2) is 0 Å². The number of benzene rings is 2. The van der Waals surface area contributed by atoms with E-state index in [1.807, 2.05) is 24.0 Å². The lowest BCUT2D eigenvalue weighted by atomic mass is 9.90. The molecule has 1 saturated heterocycles. The molecule has 4 aromatic rings. The molecule has 1 unspecified atom stereocenters. The van der Waals surface area contributed by atoms with Gasteiger partial charge in [-0.1, -0.05) is 36.4 Å². The Morgan fingerprint density at radius 1 is 0.943 bits per heavy atom. The van der Waals surface area contributed by atoms with Crippen molar-refractivity contribution >= 4 is 10.9 Å². The van der Waals surface area contributed by atoms with E-state index >= 15 is 0 Å². The van der Waals surface area contributed by atoms with Crippen LogP contribution in [0.2, 0.25) is 0 Å². The molecule has 0 saturated carbocycles. The summed E-state index contributed by atoms with van der Waals surface area (Å²) in [6, 6.07) is 17.0. The van der Waals surface area contributed by atoms with E-state index in [1.165, 1.54) is 25.8 Å². The van der Waals surface area contributed by atoms with Crippen molar-refractivity contribution in [2.75, 3.05) is 26.7 Å². The predicted octanol–water partition coefficient (Wildman–Crippen LogP) is 5.46. The number of likely N-dealkylation sites (tertiary alicyclic amines) is 1. The Balaban J connectivity index is 1.12. The lowest BCUT2D eigenvalue weighted by molar-refractivity contribution is 0.118. The third kappa shape index (κ3) is 4.46. The van der Waals surface area contributed by atoms with Crippen molar-refractivity contribution in [2.24, 2.45) is 13.0 Å². The van der Waals surface area contributed by atoms with Crippen LogP contribution in [0.5, 0.6) is 5.75 Å². The van der Waals surface area contributed by atoms with Gasteiger partial charge in [-0.3, -0.25) is 4.68 Å². The van der Waals surface area contributed by atoms with Gasteiger partial charge in [-0.25, -0.2) is 0 Å². The molecule has 0 amide bonds. The Bertz CT molecular complexity index is 1350. The first-order valence-electron chi connectivity index (χ1n) is 12.5. The van der Waals surface area contributed by atoms with Crippen molar-refractivity contribution in [2.45, 2.75) is 25.2 Å². The molecule has 0 bridgehead atoms. The third-order valence-electron chi connectivity index (χ3n) is 7.38. The van der Waals surface area contributed by atoms with Gasteiger partial charge < -0.3 is 9.64 Å². The molecule has 2 aliphatic rings. The largest absolute Gasteiger partial charge is 0.494 e. The Hall–Kier alpha value is -3.51. The maximum atomic E-state index is 5.59. The highest BCUT2D eigenvalue weighted by molar-refractivity contribution is 5.89. The molecule has 0 spiro atoms. The summed E-state index contributed by atoms with van der Waals surface area (Å²) in [5.41, 5.74) is 6.21. The number of allylic oxidation sites excluding steroid dienone is 2. The van der Waals surface area contributed by atoms with Gasteiger partial charge in [-0.15, -0.1) is 0 Å². The number of hydrogen-bond acceptors (Lipinski definition) is 5. The summed E-state index contributed by atoms with van der Waals surface area (Å²) >= 11 is 0. The number of hydrogen-bond donors (Lipinski definition) is 0. The molecular formula is C29H31N5O. The van der Waals surface area contributed by atoms with Gasteiger partial charge in [-0.2, -0.15) is 15.3 Å². The van der Waals surface area contributed by atoms with E-state index in [-0.39, 0.29) is 0 Å². The van der Waals surface area contributed by atoms with Gasteiger partial charge in [0.1, 0.15) is 11.3 Å². The summed E-state index contributed by atoms with van der Waals surface area (Å²) in [4.78, 5) is 2.57. The molecule has 178 valence electrons. The molecular weight excluding hydrogens is 434 g/mol. The number of aryl methyl sites for hydroxylation is 1. The second-order valence-corrected chi connectivity index (χ2v) is 9.91. The van der Waals surface area contributed by atoms with E-state index in [4.69, 9.17) is 4.74 Å². The maximum absolute atomic E-state index is 5.59. The summed E-state index contributed by atoms with van der Waals surface area (Å²) in [7, 11) is 3.62. The lowest BCUT2D eigenvalue weighted by Gasteiger charge is -2.41. The molecule has 0 radical (unpaired) electrons. The molecule has 1 atom stereocenters. The average molecular weight is 466 g/mol. The fraction of sp³-hybridized carbons (Fsp3) is 0.345.